The number of halogens is 1. The highest BCUT2D eigenvalue weighted by molar-refractivity contribution is 6.35. The lowest BCUT2D eigenvalue weighted by Gasteiger charge is -2.25. The van der Waals surface area contributed by atoms with Gasteiger partial charge < -0.3 is 24.8 Å². The van der Waals surface area contributed by atoms with E-state index < -0.39 is 11.9 Å². The fraction of sp³-hybridized carbons (Fsp3) is 0.333. The first kappa shape index (κ1) is 36.5. The predicted molar refractivity (Wildman–Crippen MR) is 211 cm³/mol. The number of rotatable bonds is 11. The summed E-state index contributed by atoms with van der Waals surface area (Å²) < 4.78 is 6.21. The van der Waals surface area contributed by atoms with Crippen LogP contribution in [0.5, 0.6) is 0 Å². The Morgan fingerprint density at radius 1 is 1.07 bits per heavy atom. The first-order chi connectivity index (χ1) is 26.7. The number of likely N-dealkylation sites (tertiary alicyclic amines) is 2. The second-order valence-corrected chi connectivity index (χ2v) is 14.9. The van der Waals surface area contributed by atoms with E-state index in [1.54, 1.807) is 24.5 Å². The molecular weight excluding hydrogens is 716 g/mol. The van der Waals surface area contributed by atoms with E-state index in [0.717, 1.165) is 77.7 Å². The summed E-state index contributed by atoms with van der Waals surface area (Å²) in [6, 6.07) is 17.6. The van der Waals surface area contributed by atoms with Crippen LogP contribution >= 0.6 is 11.6 Å². The molecule has 0 aliphatic carbocycles. The van der Waals surface area contributed by atoms with Crippen molar-refractivity contribution in [2.45, 2.75) is 58.2 Å². The van der Waals surface area contributed by atoms with Crippen molar-refractivity contribution in [3.05, 3.63) is 94.4 Å². The highest BCUT2D eigenvalue weighted by Crippen LogP contribution is 2.40. The van der Waals surface area contributed by atoms with Crippen LogP contribution in [0.1, 0.15) is 48.4 Å². The smallest absolute Gasteiger partial charge is 0.308 e. The van der Waals surface area contributed by atoms with Gasteiger partial charge in [0.1, 0.15) is 17.1 Å². The fourth-order valence-electron chi connectivity index (χ4n) is 8.15. The number of aromatic nitrogens is 4. The van der Waals surface area contributed by atoms with E-state index in [1.165, 1.54) is 0 Å². The van der Waals surface area contributed by atoms with Gasteiger partial charge in [0, 0.05) is 67.4 Å². The number of aliphatic carboxylic acids is 1. The fourth-order valence-corrected chi connectivity index (χ4v) is 8.44. The number of nitrogens with zero attached hydrogens (tertiary/aromatic N) is 7. The average molecular weight is 757 g/mol. The molecule has 8 rings (SSSR count). The summed E-state index contributed by atoms with van der Waals surface area (Å²) in [6.07, 6.45) is 8.12. The molecule has 3 N–H and O–H groups in total. The third kappa shape index (κ3) is 7.24. The first-order valence-corrected chi connectivity index (χ1v) is 19.0. The van der Waals surface area contributed by atoms with Crippen molar-refractivity contribution in [3.63, 3.8) is 0 Å². The molecule has 1 unspecified atom stereocenters. The Kier molecular flexibility index (Phi) is 10.2. The lowest BCUT2D eigenvalue weighted by Crippen LogP contribution is -2.34. The van der Waals surface area contributed by atoms with Crippen LogP contribution in [0, 0.1) is 24.2 Å². The van der Waals surface area contributed by atoms with Crippen LogP contribution in [-0.2, 0) is 17.8 Å². The molecule has 280 valence electrons. The van der Waals surface area contributed by atoms with E-state index in [9.17, 15) is 20.3 Å². The molecule has 4 aromatic heterocycles. The van der Waals surface area contributed by atoms with Crippen molar-refractivity contribution in [3.8, 4) is 28.8 Å². The van der Waals surface area contributed by atoms with Crippen LogP contribution in [0.2, 0.25) is 5.02 Å². The molecule has 0 saturated carbocycles. The Labute approximate surface area is 323 Å². The van der Waals surface area contributed by atoms with E-state index in [4.69, 9.17) is 26.0 Å². The minimum Gasteiger partial charge on any atom is -0.481 e. The second-order valence-electron chi connectivity index (χ2n) is 14.5. The average Bonchev–Trinajstić information content (AvgIpc) is 3.93. The third-order valence-electron chi connectivity index (χ3n) is 11.0. The number of aliphatic hydroxyl groups is 1. The maximum absolute atomic E-state index is 11.8. The first-order valence-electron chi connectivity index (χ1n) is 18.7. The molecule has 2 fully saturated rings. The van der Waals surface area contributed by atoms with E-state index in [2.05, 4.69) is 37.2 Å². The molecule has 12 nitrogen and oxygen atoms in total. The quantitative estimate of drug-likeness (QED) is 0.120. The van der Waals surface area contributed by atoms with Crippen LogP contribution in [0.15, 0.2) is 71.5 Å². The van der Waals surface area contributed by atoms with Gasteiger partial charge in [0.05, 0.1) is 33.9 Å². The van der Waals surface area contributed by atoms with Gasteiger partial charge in [-0.1, -0.05) is 30.7 Å². The molecule has 3 atom stereocenters. The number of carboxylic acids is 1. The molecule has 0 bridgehead atoms. The Morgan fingerprint density at radius 2 is 1.93 bits per heavy atom. The van der Waals surface area contributed by atoms with Gasteiger partial charge in [-0.2, -0.15) is 5.26 Å². The number of pyridine rings is 3. The number of benzene rings is 2. The van der Waals surface area contributed by atoms with Crippen molar-refractivity contribution in [1.29, 1.82) is 5.26 Å². The van der Waals surface area contributed by atoms with E-state index in [0.29, 0.717) is 58.3 Å². The summed E-state index contributed by atoms with van der Waals surface area (Å²) >= 11 is 7.11. The zero-order valence-corrected chi connectivity index (χ0v) is 31.4. The normalized spacial score (nSPS) is 19.0. The van der Waals surface area contributed by atoms with Crippen LogP contribution in [0.3, 0.4) is 0 Å². The van der Waals surface area contributed by atoms with E-state index in [-0.39, 0.29) is 18.0 Å². The maximum Gasteiger partial charge on any atom is 0.308 e. The second kappa shape index (κ2) is 15.4. The van der Waals surface area contributed by atoms with Crippen molar-refractivity contribution in [2.75, 3.05) is 31.5 Å². The lowest BCUT2D eigenvalue weighted by molar-refractivity contribution is -0.142. The van der Waals surface area contributed by atoms with Crippen molar-refractivity contribution in [1.82, 2.24) is 29.7 Å². The minimum absolute atomic E-state index is 0.0711. The van der Waals surface area contributed by atoms with E-state index >= 15 is 0 Å². The summed E-state index contributed by atoms with van der Waals surface area (Å²) in [4.78, 5) is 35.2. The third-order valence-corrected chi connectivity index (χ3v) is 11.4. The lowest BCUT2D eigenvalue weighted by atomic mass is 9.98. The van der Waals surface area contributed by atoms with Crippen LogP contribution in [0.4, 0.5) is 11.5 Å². The molecule has 2 aromatic carbocycles. The number of aliphatic hydroxyl groups excluding tert-OH is 1. The molecule has 55 heavy (non-hydrogen) atoms. The Bertz CT molecular complexity index is 2460. The van der Waals surface area contributed by atoms with Gasteiger partial charge in [-0.15, -0.1) is 0 Å². The monoisotopic (exact) mass is 756 g/mol. The number of nitrogens with one attached hydrogen (secondary N) is 1. The topological polar surface area (TPSA) is 165 Å². The molecule has 6 aromatic rings. The minimum atomic E-state index is -0.768. The highest BCUT2D eigenvalue weighted by Gasteiger charge is 2.37. The van der Waals surface area contributed by atoms with Crippen molar-refractivity contribution >= 4 is 51.1 Å². The van der Waals surface area contributed by atoms with Gasteiger partial charge in [0.2, 0.25) is 5.89 Å². The summed E-state index contributed by atoms with van der Waals surface area (Å²) in [6.45, 7) is 7.72. The molecule has 0 amide bonds. The molecule has 0 spiro atoms. The zero-order chi connectivity index (χ0) is 38.2. The maximum atomic E-state index is 11.8. The Hall–Kier alpha value is -5.45. The number of nitriles is 1. The SMILES string of the molecule is CC[C@@H]1C(C(=O)O)CCN1Cc1cc(C#N)c2oc(-c3ccnc(-c4cccc(Nc5nccc6cc(CCN7CC[C@@H](O)C7)cnc56)c4C)c3Cl)nc2c1. The van der Waals surface area contributed by atoms with Crippen LogP contribution in [-0.4, -0.2) is 84.2 Å². The number of β-amino-alcohol motifs (C(OH)–C–C–N with tert-alkyl or cyclic N) is 1. The molecule has 2 saturated heterocycles. The number of carbonyl (C=O) groups is 1. The molecule has 2 aliphatic heterocycles. The number of fused-ring (bicyclic) bond motifs is 2. The van der Waals surface area contributed by atoms with Crippen molar-refractivity contribution < 1.29 is 19.4 Å². The molecular formula is C42H41ClN8O4. The molecule has 0 radical (unpaired) electrons. The highest BCUT2D eigenvalue weighted by atomic mass is 35.5. The standard InChI is InChI=1S/C42H41ClN8O4/c1-3-35-31(42(53)54)11-16-51(35)22-26-18-28(20-44)39-34(19-26)49-41(55-39)32-8-13-45-38(36(32)43)30-5-4-6-33(24(30)2)48-40-37-27(7-12-46-40)17-25(21-47-37)9-14-50-15-10-29(52)23-50/h4-8,12-13,17-19,21,29,31,35,52H,3,9-11,14-16,22-23H2,1-2H3,(H,46,48)(H,53,54)/t29-,31?,35-/m1/s1. The molecule has 6 heterocycles. The zero-order valence-electron chi connectivity index (χ0n) is 30.7. The molecule has 2 aliphatic rings. The summed E-state index contributed by atoms with van der Waals surface area (Å²) in [5.41, 5.74) is 7.64. The summed E-state index contributed by atoms with van der Waals surface area (Å²) in [5, 5.41) is 34.5. The number of carboxylic acid groups (broad SMARTS) is 1. The van der Waals surface area contributed by atoms with Crippen molar-refractivity contribution in [2.24, 2.45) is 5.92 Å². The molecule has 13 heteroatoms. The summed E-state index contributed by atoms with van der Waals surface area (Å²) in [5.74, 6) is -0.267. The van der Waals surface area contributed by atoms with Gasteiger partial charge in [0.25, 0.3) is 0 Å². The number of hydrogen-bond donors (Lipinski definition) is 3. The van der Waals surface area contributed by atoms with Gasteiger partial charge in [-0.05, 0) is 92.2 Å². The van der Waals surface area contributed by atoms with Gasteiger partial charge in [-0.25, -0.2) is 9.97 Å². The number of anilines is 2. The summed E-state index contributed by atoms with van der Waals surface area (Å²) in [7, 11) is 0. The number of hydrogen-bond acceptors (Lipinski definition) is 11. The Morgan fingerprint density at radius 3 is 2.71 bits per heavy atom. The van der Waals surface area contributed by atoms with Crippen LogP contribution < -0.4 is 5.32 Å². The van der Waals surface area contributed by atoms with E-state index in [1.807, 2.05) is 50.4 Å². The van der Waals surface area contributed by atoms with Crippen LogP contribution in [0.25, 0.3) is 44.7 Å². The van der Waals surface area contributed by atoms with Gasteiger partial charge >= 0.3 is 5.97 Å². The largest absolute Gasteiger partial charge is 0.481 e. The predicted octanol–water partition coefficient (Wildman–Crippen LogP) is 7.37. The Balaban J connectivity index is 1.05. The van der Waals surface area contributed by atoms with Gasteiger partial charge in [0.15, 0.2) is 11.4 Å². The number of oxazole rings is 1. The van der Waals surface area contributed by atoms with Gasteiger partial charge in [-0.3, -0.25) is 19.7 Å².